The number of aldehydes is 1. The van der Waals surface area contributed by atoms with E-state index in [0.29, 0.717) is 6.42 Å². The van der Waals surface area contributed by atoms with Crippen LogP contribution >= 0.6 is 0 Å². The normalized spacial score (nSPS) is 13.2. The van der Waals surface area contributed by atoms with E-state index in [1.165, 1.54) is 0 Å². The molecule has 0 fully saturated rings. The highest BCUT2D eigenvalue weighted by molar-refractivity contribution is 5.85. The number of benzene rings is 2. The van der Waals surface area contributed by atoms with Crippen LogP contribution in [0.2, 0.25) is 0 Å². The smallest absolute Gasteiger partial charge is 0.242 e. The van der Waals surface area contributed by atoms with Crippen LogP contribution in [0.4, 0.5) is 0 Å². The Bertz CT molecular complexity index is 584. The summed E-state index contributed by atoms with van der Waals surface area (Å²) in [4.78, 5) is 23.3. The Morgan fingerprint density at radius 1 is 1.05 bits per heavy atom. The third-order valence-corrected chi connectivity index (χ3v) is 3.23. The van der Waals surface area contributed by atoms with Gasteiger partial charge < -0.3 is 15.8 Å². The lowest BCUT2D eigenvalue weighted by Crippen LogP contribution is -2.42. The van der Waals surface area contributed by atoms with E-state index < -0.39 is 12.1 Å². The molecule has 0 saturated carbocycles. The van der Waals surface area contributed by atoms with E-state index in [0.717, 1.165) is 17.4 Å². The summed E-state index contributed by atoms with van der Waals surface area (Å²) in [6, 6.07) is 17.3. The molecule has 0 bridgehead atoms. The van der Waals surface area contributed by atoms with Gasteiger partial charge in [-0.2, -0.15) is 0 Å². The van der Waals surface area contributed by atoms with Gasteiger partial charge in [0.15, 0.2) is 0 Å². The number of nitrogens with one attached hydrogen (secondary N) is 1. The largest absolute Gasteiger partial charge is 0.345 e. The molecule has 0 aromatic heterocycles. The summed E-state index contributed by atoms with van der Waals surface area (Å²) in [7, 11) is 0. The fourth-order valence-electron chi connectivity index (χ4n) is 2.09. The maximum absolute atomic E-state index is 12.1. The molecule has 2 aromatic carbocycles. The Morgan fingerprint density at radius 2 is 1.62 bits per heavy atom. The van der Waals surface area contributed by atoms with Crippen LogP contribution in [0.15, 0.2) is 60.7 Å². The zero-order valence-corrected chi connectivity index (χ0v) is 11.6. The van der Waals surface area contributed by atoms with Gasteiger partial charge in [0.1, 0.15) is 12.3 Å². The molecule has 4 nitrogen and oxygen atoms in total. The predicted octanol–water partition coefficient (Wildman–Crippen LogP) is 1.61. The summed E-state index contributed by atoms with van der Waals surface area (Å²) in [5, 5.41) is 2.68. The van der Waals surface area contributed by atoms with Gasteiger partial charge in [0.2, 0.25) is 5.91 Å². The maximum Gasteiger partial charge on any atom is 0.242 e. The van der Waals surface area contributed by atoms with Crippen molar-refractivity contribution in [3.05, 3.63) is 71.8 Å². The van der Waals surface area contributed by atoms with Gasteiger partial charge in [-0.3, -0.25) is 4.79 Å². The van der Waals surface area contributed by atoms with E-state index in [-0.39, 0.29) is 5.91 Å². The number of nitrogens with two attached hydrogens (primary N) is 1. The monoisotopic (exact) mass is 282 g/mol. The van der Waals surface area contributed by atoms with Crippen molar-refractivity contribution in [2.24, 2.45) is 5.73 Å². The second-order valence-electron chi connectivity index (χ2n) is 4.83. The maximum atomic E-state index is 12.1. The van der Waals surface area contributed by atoms with E-state index in [1.807, 2.05) is 48.5 Å². The highest BCUT2D eigenvalue weighted by Crippen LogP contribution is 2.10. The van der Waals surface area contributed by atoms with Crippen LogP contribution in [-0.4, -0.2) is 18.2 Å². The van der Waals surface area contributed by atoms with Crippen LogP contribution in [0.1, 0.15) is 17.2 Å². The average molecular weight is 282 g/mol. The van der Waals surface area contributed by atoms with Crippen LogP contribution in [-0.2, 0) is 16.0 Å². The summed E-state index contributed by atoms with van der Waals surface area (Å²) >= 11 is 0. The second-order valence-corrected chi connectivity index (χ2v) is 4.83. The topological polar surface area (TPSA) is 72.2 Å². The molecular formula is C17H18N2O2. The van der Waals surface area contributed by atoms with Crippen molar-refractivity contribution in [3.8, 4) is 0 Å². The first-order chi connectivity index (χ1) is 10.2. The summed E-state index contributed by atoms with van der Waals surface area (Å²) in [6.45, 7) is 0. The van der Waals surface area contributed by atoms with Gasteiger partial charge in [-0.1, -0.05) is 60.7 Å². The number of rotatable bonds is 6. The molecule has 0 aliphatic rings. The number of hydrogen-bond donors (Lipinski definition) is 2. The minimum atomic E-state index is -0.774. The lowest BCUT2D eigenvalue weighted by atomic mass is 10.0. The molecule has 1 amide bonds. The van der Waals surface area contributed by atoms with Crippen LogP contribution in [0.25, 0.3) is 0 Å². The van der Waals surface area contributed by atoms with Crippen molar-refractivity contribution < 1.29 is 9.59 Å². The first-order valence-electron chi connectivity index (χ1n) is 6.81. The van der Waals surface area contributed by atoms with Gasteiger partial charge in [-0.05, 0) is 17.5 Å². The summed E-state index contributed by atoms with van der Waals surface area (Å²) < 4.78 is 0. The third kappa shape index (κ3) is 4.26. The van der Waals surface area contributed by atoms with Crippen molar-refractivity contribution in [3.63, 3.8) is 0 Å². The van der Waals surface area contributed by atoms with Gasteiger partial charge in [0.05, 0.1) is 6.04 Å². The Balaban J connectivity index is 1.98. The molecule has 0 heterocycles. The van der Waals surface area contributed by atoms with Crippen molar-refractivity contribution in [1.82, 2.24) is 5.32 Å². The Morgan fingerprint density at radius 3 is 2.19 bits per heavy atom. The van der Waals surface area contributed by atoms with E-state index in [4.69, 9.17) is 5.73 Å². The minimum Gasteiger partial charge on any atom is -0.345 e. The molecule has 21 heavy (non-hydrogen) atoms. The Labute approximate surface area is 124 Å². The molecule has 2 aromatic rings. The third-order valence-electron chi connectivity index (χ3n) is 3.23. The molecular weight excluding hydrogens is 264 g/mol. The van der Waals surface area contributed by atoms with E-state index in [9.17, 15) is 9.59 Å². The molecule has 2 atom stereocenters. The fraction of sp³-hybridized carbons (Fsp3) is 0.176. The van der Waals surface area contributed by atoms with Crippen LogP contribution in [0.3, 0.4) is 0 Å². The molecule has 4 heteroatoms. The average Bonchev–Trinajstić information content (AvgIpc) is 2.55. The SMILES string of the molecule is N[C@H](C(=O)N[C@H](C=O)Cc1ccccc1)c1ccccc1. The zero-order valence-electron chi connectivity index (χ0n) is 11.6. The van der Waals surface area contributed by atoms with Crippen LogP contribution < -0.4 is 11.1 Å². The van der Waals surface area contributed by atoms with Gasteiger partial charge in [0.25, 0.3) is 0 Å². The highest BCUT2D eigenvalue weighted by Gasteiger charge is 2.19. The molecule has 2 rings (SSSR count). The van der Waals surface area contributed by atoms with Gasteiger partial charge in [-0.15, -0.1) is 0 Å². The van der Waals surface area contributed by atoms with Gasteiger partial charge >= 0.3 is 0 Å². The molecule has 0 aliphatic heterocycles. The molecule has 0 unspecified atom stereocenters. The van der Waals surface area contributed by atoms with E-state index in [2.05, 4.69) is 5.32 Å². The van der Waals surface area contributed by atoms with Gasteiger partial charge in [-0.25, -0.2) is 0 Å². The fourth-order valence-corrected chi connectivity index (χ4v) is 2.09. The molecule has 0 radical (unpaired) electrons. The molecule has 0 spiro atoms. The number of carbonyl (C=O) groups excluding carboxylic acids is 2. The predicted molar refractivity (Wildman–Crippen MR) is 81.5 cm³/mol. The van der Waals surface area contributed by atoms with Crippen LogP contribution in [0.5, 0.6) is 0 Å². The summed E-state index contributed by atoms with van der Waals surface area (Å²) in [5.41, 5.74) is 7.62. The summed E-state index contributed by atoms with van der Waals surface area (Å²) in [6.07, 6.45) is 1.19. The standard InChI is InChI=1S/C17H18N2O2/c18-16(14-9-5-2-6-10-14)17(21)19-15(12-20)11-13-7-3-1-4-8-13/h1-10,12,15-16H,11,18H2,(H,19,21)/t15-,16-/m0/s1. The van der Waals surface area contributed by atoms with Crippen molar-refractivity contribution >= 4 is 12.2 Å². The zero-order chi connectivity index (χ0) is 15.1. The van der Waals surface area contributed by atoms with E-state index in [1.54, 1.807) is 12.1 Å². The number of carbonyl (C=O) groups is 2. The molecule has 0 aliphatic carbocycles. The van der Waals surface area contributed by atoms with Crippen molar-refractivity contribution in [2.45, 2.75) is 18.5 Å². The first kappa shape index (κ1) is 14.9. The second kappa shape index (κ2) is 7.36. The quantitative estimate of drug-likeness (QED) is 0.791. The Kier molecular flexibility index (Phi) is 5.23. The highest BCUT2D eigenvalue weighted by atomic mass is 16.2. The van der Waals surface area contributed by atoms with Crippen LogP contribution in [0, 0.1) is 0 Å². The van der Waals surface area contributed by atoms with Crippen molar-refractivity contribution in [2.75, 3.05) is 0 Å². The van der Waals surface area contributed by atoms with Crippen molar-refractivity contribution in [1.29, 1.82) is 0 Å². The lowest BCUT2D eigenvalue weighted by Gasteiger charge is -2.17. The minimum absolute atomic E-state index is 0.353. The first-order valence-corrected chi connectivity index (χ1v) is 6.81. The summed E-state index contributed by atoms with van der Waals surface area (Å²) in [5.74, 6) is -0.353. The number of amides is 1. The van der Waals surface area contributed by atoms with E-state index >= 15 is 0 Å². The van der Waals surface area contributed by atoms with Gasteiger partial charge in [0, 0.05) is 0 Å². The lowest BCUT2D eigenvalue weighted by molar-refractivity contribution is -0.125. The number of hydrogen-bond acceptors (Lipinski definition) is 3. The molecule has 3 N–H and O–H groups in total. The Hall–Kier alpha value is -2.46. The molecule has 108 valence electrons. The molecule has 0 saturated heterocycles.